The smallest absolute Gasteiger partial charge is 0.0629 e. The highest BCUT2D eigenvalue weighted by Crippen LogP contribution is 2.37. The molecule has 3 heteroatoms. The van der Waals surface area contributed by atoms with Crippen molar-refractivity contribution in [2.45, 2.75) is 38.0 Å². The first-order valence-corrected chi connectivity index (χ1v) is 6.12. The zero-order chi connectivity index (χ0) is 11.6. The molecular weight excluding hydrogens is 250 g/mol. The van der Waals surface area contributed by atoms with Gasteiger partial charge < -0.3 is 0 Å². The quantitative estimate of drug-likeness (QED) is 0.652. The predicted octanol–water partition coefficient (Wildman–Crippen LogP) is 5.29. The molecule has 1 aromatic carbocycles. The second kappa shape index (κ2) is 4.95. The Morgan fingerprint density at radius 3 is 2.40 bits per heavy atom. The van der Waals surface area contributed by atoms with E-state index < -0.39 is 0 Å². The summed E-state index contributed by atoms with van der Waals surface area (Å²) in [6, 6.07) is 5.73. The van der Waals surface area contributed by atoms with Crippen LogP contribution in [0.15, 0.2) is 18.2 Å². The first-order chi connectivity index (χ1) is 6.84. The Morgan fingerprint density at radius 2 is 1.87 bits per heavy atom. The van der Waals surface area contributed by atoms with Crippen molar-refractivity contribution in [2.75, 3.05) is 0 Å². The molecule has 1 atom stereocenters. The standard InChI is InChI=1S/C12H15Cl3/c1-8(13)7-12(2,3)9-5-4-6-10(14)11(9)15/h4-6,8H,7H2,1-3H3. The second-order valence-corrected chi connectivity index (χ2v) is 6.00. The van der Waals surface area contributed by atoms with Gasteiger partial charge in [0.05, 0.1) is 10.0 Å². The van der Waals surface area contributed by atoms with Gasteiger partial charge in [-0.15, -0.1) is 11.6 Å². The second-order valence-electron chi connectivity index (χ2n) is 4.47. The summed E-state index contributed by atoms with van der Waals surface area (Å²) in [5, 5.41) is 1.36. The first kappa shape index (κ1) is 13.2. The molecule has 0 aliphatic rings. The van der Waals surface area contributed by atoms with Crippen LogP contribution >= 0.6 is 34.8 Å². The van der Waals surface area contributed by atoms with E-state index in [1.165, 1.54) is 0 Å². The molecule has 0 aromatic heterocycles. The molecule has 0 saturated heterocycles. The van der Waals surface area contributed by atoms with E-state index in [-0.39, 0.29) is 10.8 Å². The number of rotatable bonds is 3. The molecule has 15 heavy (non-hydrogen) atoms. The zero-order valence-corrected chi connectivity index (χ0v) is 11.4. The predicted molar refractivity (Wildman–Crippen MR) is 69.4 cm³/mol. The maximum Gasteiger partial charge on any atom is 0.0629 e. The lowest BCUT2D eigenvalue weighted by Gasteiger charge is -2.27. The lowest BCUT2D eigenvalue weighted by molar-refractivity contribution is 0.477. The Bertz CT molecular complexity index is 343. The van der Waals surface area contributed by atoms with Crippen molar-refractivity contribution in [3.8, 4) is 0 Å². The average molecular weight is 266 g/mol. The van der Waals surface area contributed by atoms with Crippen molar-refractivity contribution < 1.29 is 0 Å². The molecule has 0 bridgehead atoms. The summed E-state index contributed by atoms with van der Waals surface area (Å²) in [6.45, 7) is 6.24. The Labute approximate surface area is 107 Å². The minimum Gasteiger partial charge on any atom is -0.123 e. The van der Waals surface area contributed by atoms with Crippen LogP contribution in [0.25, 0.3) is 0 Å². The van der Waals surface area contributed by atoms with Gasteiger partial charge in [-0.2, -0.15) is 0 Å². The van der Waals surface area contributed by atoms with E-state index in [0.717, 1.165) is 12.0 Å². The fraction of sp³-hybridized carbons (Fsp3) is 0.500. The summed E-state index contributed by atoms with van der Waals surface area (Å²) < 4.78 is 0. The lowest BCUT2D eigenvalue weighted by Crippen LogP contribution is -2.21. The maximum absolute atomic E-state index is 6.19. The van der Waals surface area contributed by atoms with Crippen molar-refractivity contribution in [1.82, 2.24) is 0 Å². The van der Waals surface area contributed by atoms with E-state index in [2.05, 4.69) is 13.8 Å². The summed E-state index contributed by atoms with van der Waals surface area (Å²) in [4.78, 5) is 0. The molecule has 1 aromatic rings. The minimum absolute atomic E-state index is 0.0524. The largest absolute Gasteiger partial charge is 0.123 e. The molecule has 0 heterocycles. The van der Waals surface area contributed by atoms with Crippen molar-refractivity contribution in [3.05, 3.63) is 33.8 Å². The monoisotopic (exact) mass is 264 g/mol. The van der Waals surface area contributed by atoms with E-state index in [1.807, 2.05) is 19.1 Å². The van der Waals surface area contributed by atoms with Gasteiger partial charge in [-0.05, 0) is 30.4 Å². The van der Waals surface area contributed by atoms with Gasteiger partial charge in [0.2, 0.25) is 0 Å². The van der Waals surface area contributed by atoms with E-state index in [4.69, 9.17) is 34.8 Å². The van der Waals surface area contributed by atoms with Gasteiger partial charge in [0, 0.05) is 5.38 Å². The van der Waals surface area contributed by atoms with Gasteiger partial charge in [0.1, 0.15) is 0 Å². The van der Waals surface area contributed by atoms with Gasteiger partial charge in [0.15, 0.2) is 0 Å². The molecule has 0 fully saturated rings. The molecule has 0 spiro atoms. The third-order valence-corrected chi connectivity index (χ3v) is 3.45. The normalized spacial score (nSPS) is 14.0. The lowest BCUT2D eigenvalue weighted by atomic mass is 9.80. The molecule has 0 N–H and O–H groups in total. The SMILES string of the molecule is CC(Cl)CC(C)(C)c1cccc(Cl)c1Cl. The molecule has 84 valence electrons. The number of hydrogen-bond acceptors (Lipinski definition) is 0. The van der Waals surface area contributed by atoms with Crippen LogP contribution in [0, 0.1) is 0 Å². The summed E-state index contributed by atoms with van der Waals surface area (Å²) in [6.07, 6.45) is 0.870. The summed E-state index contributed by atoms with van der Waals surface area (Å²) in [5.74, 6) is 0. The van der Waals surface area contributed by atoms with Crippen LogP contribution in [0.2, 0.25) is 10.0 Å². The van der Waals surface area contributed by atoms with Gasteiger partial charge in [-0.25, -0.2) is 0 Å². The number of alkyl halides is 1. The Kier molecular flexibility index (Phi) is 4.34. The fourth-order valence-corrected chi connectivity index (χ4v) is 2.78. The molecule has 0 nitrogen and oxygen atoms in total. The van der Waals surface area contributed by atoms with Gasteiger partial charge in [0.25, 0.3) is 0 Å². The molecule has 1 rings (SSSR count). The Morgan fingerprint density at radius 1 is 1.27 bits per heavy atom. The van der Waals surface area contributed by atoms with Crippen molar-refractivity contribution in [3.63, 3.8) is 0 Å². The van der Waals surface area contributed by atoms with E-state index >= 15 is 0 Å². The van der Waals surface area contributed by atoms with Crippen LogP contribution in [0.4, 0.5) is 0 Å². The Balaban J connectivity index is 3.09. The molecule has 0 radical (unpaired) electrons. The van der Waals surface area contributed by atoms with Gasteiger partial charge in [-0.3, -0.25) is 0 Å². The first-order valence-electron chi connectivity index (χ1n) is 4.93. The summed E-state index contributed by atoms with van der Waals surface area (Å²) >= 11 is 18.2. The van der Waals surface area contributed by atoms with Crippen LogP contribution in [-0.4, -0.2) is 5.38 Å². The fourth-order valence-electron chi connectivity index (χ4n) is 1.84. The third-order valence-electron chi connectivity index (χ3n) is 2.47. The summed E-state index contributed by atoms with van der Waals surface area (Å²) in [5.41, 5.74) is 1.01. The molecule has 0 aliphatic heterocycles. The van der Waals surface area contributed by atoms with E-state index in [1.54, 1.807) is 6.07 Å². The molecule has 0 amide bonds. The number of hydrogen-bond donors (Lipinski definition) is 0. The van der Waals surface area contributed by atoms with Crippen LogP contribution in [0.3, 0.4) is 0 Å². The molecule has 0 aliphatic carbocycles. The highest BCUT2D eigenvalue weighted by Gasteiger charge is 2.25. The molecule has 1 unspecified atom stereocenters. The van der Waals surface area contributed by atoms with Crippen LogP contribution < -0.4 is 0 Å². The zero-order valence-electron chi connectivity index (χ0n) is 9.15. The van der Waals surface area contributed by atoms with Crippen LogP contribution in [0.5, 0.6) is 0 Å². The third kappa shape index (κ3) is 3.27. The van der Waals surface area contributed by atoms with E-state index in [0.29, 0.717) is 10.0 Å². The van der Waals surface area contributed by atoms with Crippen LogP contribution in [0.1, 0.15) is 32.8 Å². The minimum atomic E-state index is -0.0524. The van der Waals surface area contributed by atoms with Crippen molar-refractivity contribution >= 4 is 34.8 Å². The van der Waals surface area contributed by atoms with Gasteiger partial charge >= 0.3 is 0 Å². The average Bonchev–Trinajstić information content (AvgIpc) is 2.07. The van der Waals surface area contributed by atoms with Gasteiger partial charge in [-0.1, -0.05) is 49.2 Å². The highest BCUT2D eigenvalue weighted by molar-refractivity contribution is 6.42. The van der Waals surface area contributed by atoms with Crippen molar-refractivity contribution in [1.29, 1.82) is 0 Å². The topological polar surface area (TPSA) is 0 Å². The van der Waals surface area contributed by atoms with Crippen LogP contribution in [-0.2, 0) is 5.41 Å². The van der Waals surface area contributed by atoms with Crippen molar-refractivity contribution in [2.24, 2.45) is 0 Å². The number of benzene rings is 1. The summed E-state index contributed by atoms with van der Waals surface area (Å²) in [7, 11) is 0. The molecular formula is C12H15Cl3. The maximum atomic E-state index is 6.19. The van der Waals surface area contributed by atoms with E-state index in [9.17, 15) is 0 Å². The molecule has 0 saturated carbocycles. The number of halogens is 3. The highest BCUT2D eigenvalue weighted by atomic mass is 35.5. The Hall–Kier alpha value is 0.0900.